The summed E-state index contributed by atoms with van der Waals surface area (Å²) in [6.45, 7) is 3.33. The highest BCUT2D eigenvalue weighted by Gasteiger charge is 2.38. The highest BCUT2D eigenvalue weighted by atomic mass is 19.4. The minimum absolute atomic E-state index is 0.0300. The van der Waals surface area contributed by atoms with E-state index in [0.29, 0.717) is 25.7 Å². The molecule has 6 heteroatoms. The Morgan fingerprint density at radius 2 is 1.30 bits per heavy atom. The first kappa shape index (κ1) is 19.6. The third kappa shape index (κ3) is 10.4. The lowest BCUT2D eigenvalue weighted by molar-refractivity contribution is -0.178. The molecule has 0 saturated heterocycles. The lowest BCUT2D eigenvalue weighted by Gasteiger charge is -2.20. The molecule has 0 aromatic carbocycles. The topological polar surface area (TPSA) is 0 Å². The molecule has 20 heavy (non-hydrogen) atoms. The van der Waals surface area contributed by atoms with Crippen molar-refractivity contribution in [2.45, 2.75) is 77.6 Å². The third-order valence-corrected chi connectivity index (χ3v) is 3.45. The minimum Gasteiger partial charge on any atom is -0.171 e. The maximum absolute atomic E-state index is 12.7. The first-order chi connectivity index (χ1) is 9.06. The SMILES string of the molecule is CCCC[C@H](CCCC[C@H](C)CC(F)(F)F)C(F)(F)F. The van der Waals surface area contributed by atoms with E-state index in [2.05, 4.69) is 0 Å². The van der Waals surface area contributed by atoms with Crippen molar-refractivity contribution < 1.29 is 26.3 Å². The molecule has 0 aromatic rings. The van der Waals surface area contributed by atoms with Crippen LogP contribution in [0.3, 0.4) is 0 Å². The van der Waals surface area contributed by atoms with Crippen LogP contribution in [0.25, 0.3) is 0 Å². The maximum atomic E-state index is 12.7. The number of hydrogen-bond donors (Lipinski definition) is 0. The van der Waals surface area contributed by atoms with Gasteiger partial charge in [0, 0.05) is 6.42 Å². The fraction of sp³-hybridized carbons (Fsp3) is 1.00. The Morgan fingerprint density at radius 3 is 1.75 bits per heavy atom. The van der Waals surface area contributed by atoms with Crippen molar-refractivity contribution in [3.63, 3.8) is 0 Å². The van der Waals surface area contributed by atoms with Gasteiger partial charge in [-0.05, 0) is 18.8 Å². The van der Waals surface area contributed by atoms with Gasteiger partial charge in [0.2, 0.25) is 0 Å². The normalized spacial score (nSPS) is 16.2. The van der Waals surface area contributed by atoms with Crippen LogP contribution >= 0.6 is 0 Å². The first-order valence-electron chi connectivity index (χ1n) is 7.19. The van der Waals surface area contributed by atoms with Gasteiger partial charge < -0.3 is 0 Å². The van der Waals surface area contributed by atoms with E-state index in [9.17, 15) is 26.3 Å². The predicted molar refractivity (Wildman–Crippen MR) is 67.4 cm³/mol. The van der Waals surface area contributed by atoms with Crippen molar-refractivity contribution in [2.75, 3.05) is 0 Å². The van der Waals surface area contributed by atoms with E-state index >= 15 is 0 Å². The van der Waals surface area contributed by atoms with Gasteiger partial charge >= 0.3 is 12.4 Å². The summed E-state index contributed by atoms with van der Waals surface area (Å²) < 4.78 is 74.4. The van der Waals surface area contributed by atoms with Gasteiger partial charge in [-0.3, -0.25) is 0 Å². The molecule has 0 aliphatic carbocycles. The molecule has 0 aliphatic heterocycles. The maximum Gasteiger partial charge on any atom is 0.391 e. The van der Waals surface area contributed by atoms with E-state index in [0.717, 1.165) is 6.42 Å². The fourth-order valence-corrected chi connectivity index (χ4v) is 2.30. The number of hydrogen-bond acceptors (Lipinski definition) is 0. The number of alkyl halides is 6. The summed E-state index contributed by atoms with van der Waals surface area (Å²) >= 11 is 0. The summed E-state index contributed by atoms with van der Waals surface area (Å²) in [6, 6.07) is 0. The van der Waals surface area contributed by atoms with Gasteiger partial charge in [0.05, 0.1) is 5.92 Å². The molecule has 0 heterocycles. The van der Waals surface area contributed by atoms with Crippen LogP contribution in [0.15, 0.2) is 0 Å². The monoisotopic (exact) mass is 306 g/mol. The molecular formula is C14H24F6. The molecule has 0 aliphatic rings. The van der Waals surface area contributed by atoms with Crippen LogP contribution in [0.2, 0.25) is 0 Å². The summed E-state index contributed by atoms with van der Waals surface area (Å²) in [4.78, 5) is 0. The molecule has 0 N–H and O–H groups in total. The summed E-state index contributed by atoms with van der Waals surface area (Å²) in [5.74, 6) is -1.82. The molecule has 0 fully saturated rings. The third-order valence-electron chi connectivity index (χ3n) is 3.45. The van der Waals surface area contributed by atoms with E-state index in [4.69, 9.17) is 0 Å². The predicted octanol–water partition coefficient (Wildman–Crippen LogP) is 6.50. The molecular weight excluding hydrogens is 282 g/mol. The first-order valence-corrected chi connectivity index (χ1v) is 7.19. The lowest BCUT2D eigenvalue weighted by Crippen LogP contribution is -2.23. The summed E-state index contributed by atoms with van der Waals surface area (Å²) in [6.07, 6.45) is -6.72. The van der Waals surface area contributed by atoms with Crippen molar-refractivity contribution in [1.82, 2.24) is 0 Å². The van der Waals surface area contributed by atoms with Crippen LogP contribution in [0.5, 0.6) is 0 Å². The van der Waals surface area contributed by atoms with Crippen LogP contribution < -0.4 is 0 Å². The minimum atomic E-state index is -4.19. The van der Waals surface area contributed by atoms with E-state index in [-0.39, 0.29) is 12.8 Å². The molecule has 2 atom stereocenters. The van der Waals surface area contributed by atoms with Crippen molar-refractivity contribution in [3.8, 4) is 0 Å². The van der Waals surface area contributed by atoms with Gasteiger partial charge in [0.25, 0.3) is 0 Å². The Bertz CT molecular complexity index is 243. The van der Waals surface area contributed by atoms with Crippen LogP contribution in [-0.4, -0.2) is 12.4 Å². The molecule has 122 valence electrons. The lowest BCUT2D eigenvalue weighted by atomic mass is 9.93. The number of halogens is 6. The quantitative estimate of drug-likeness (QED) is 0.337. The number of rotatable bonds is 9. The standard InChI is InChI=1S/C14H24F6/c1-3-4-8-12(14(18,19)20)9-6-5-7-11(2)10-13(15,16)17/h11-12H,3-10H2,1-2H3/t11-,12+/m0/s1. The van der Waals surface area contributed by atoms with Gasteiger partial charge in [0.15, 0.2) is 0 Å². The van der Waals surface area contributed by atoms with Crippen molar-refractivity contribution in [1.29, 1.82) is 0 Å². The zero-order valence-corrected chi connectivity index (χ0v) is 12.1. The molecule has 0 bridgehead atoms. The highest BCUT2D eigenvalue weighted by molar-refractivity contribution is 4.68. The smallest absolute Gasteiger partial charge is 0.171 e. The average Bonchev–Trinajstić information content (AvgIpc) is 2.23. The Kier molecular flexibility index (Phi) is 8.59. The van der Waals surface area contributed by atoms with Crippen molar-refractivity contribution in [2.24, 2.45) is 11.8 Å². The summed E-state index contributed by atoms with van der Waals surface area (Å²) in [5, 5.41) is 0. The Hall–Kier alpha value is -0.420. The molecule has 0 spiro atoms. The van der Waals surface area contributed by atoms with Gasteiger partial charge in [-0.25, -0.2) is 0 Å². The molecule has 0 aromatic heterocycles. The van der Waals surface area contributed by atoms with Gasteiger partial charge in [-0.1, -0.05) is 46.0 Å². The van der Waals surface area contributed by atoms with Crippen molar-refractivity contribution >= 4 is 0 Å². The number of unbranched alkanes of at least 4 members (excludes halogenated alkanes) is 2. The van der Waals surface area contributed by atoms with Gasteiger partial charge in [-0.2, -0.15) is 26.3 Å². The molecule has 0 radical (unpaired) electrons. The summed E-state index contributed by atoms with van der Waals surface area (Å²) in [5.41, 5.74) is 0. The van der Waals surface area contributed by atoms with E-state index in [1.54, 1.807) is 0 Å². The molecule has 0 unspecified atom stereocenters. The van der Waals surface area contributed by atoms with Crippen molar-refractivity contribution in [3.05, 3.63) is 0 Å². The molecule has 0 nitrogen and oxygen atoms in total. The zero-order valence-electron chi connectivity index (χ0n) is 12.1. The van der Waals surface area contributed by atoms with E-state index in [1.807, 2.05) is 6.92 Å². The van der Waals surface area contributed by atoms with Crippen LogP contribution in [0, 0.1) is 11.8 Å². The largest absolute Gasteiger partial charge is 0.391 e. The van der Waals surface area contributed by atoms with E-state index < -0.39 is 30.6 Å². The van der Waals surface area contributed by atoms with Crippen LogP contribution in [0.4, 0.5) is 26.3 Å². The fourth-order valence-electron chi connectivity index (χ4n) is 2.30. The Labute approximate surface area is 116 Å². The Balaban J connectivity index is 3.94. The van der Waals surface area contributed by atoms with E-state index in [1.165, 1.54) is 6.92 Å². The van der Waals surface area contributed by atoms with Gasteiger partial charge in [0.1, 0.15) is 0 Å². The second-order valence-corrected chi connectivity index (χ2v) is 5.59. The van der Waals surface area contributed by atoms with Gasteiger partial charge in [-0.15, -0.1) is 0 Å². The molecule has 0 amide bonds. The highest BCUT2D eigenvalue weighted by Crippen LogP contribution is 2.34. The second-order valence-electron chi connectivity index (χ2n) is 5.59. The second kappa shape index (κ2) is 8.78. The summed E-state index contributed by atoms with van der Waals surface area (Å²) in [7, 11) is 0. The zero-order chi connectivity index (χ0) is 15.8. The van der Waals surface area contributed by atoms with Crippen LogP contribution in [-0.2, 0) is 0 Å². The Morgan fingerprint density at radius 1 is 0.800 bits per heavy atom. The van der Waals surface area contributed by atoms with Crippen LogP contribution in [0.1, 0.15) is 65.2 Å². The molecule has 0 saturated carbocycles. The average molecular weight is 306 g/mol. The molecule has 0 rings (SSSR count).